The molecule has 2 amide bonds. The number of likely N-dealkylation sites (N-methyl/N-ethyl adjacent to an activating group) is 1. The van der Waals surface area contributed by atoms with Gasteiger partial charge >= 0.3 is 0 Å². The molecule has 2 rings (SSSR count). The zero-order chi connectivity index (χ0) is 22.3. The number of piperazine rings is 1. The number of carbonyl (C=O) groups excluding carboxylic acids is 2. The molecule has 0 saturated carbocycles. The van der Waals surface area contributed by atoms with E-state index in [0.717, 1.165) is 31.9 Å². The summed E-state index contributed by atoms with van der Waals surface area (Å²) >= 11 is 0. The number of carbonyl (C=O) groups is 2. The van der Waals surface area contributed by atoms with Crippen LogP contribution in [0.15, 0.2) is 23.1 Å². The normalized spacial score (nSPS) is 15.3. The van der Waals surface area contributed by atoms with E-state index in [1.165, 1.54) is 17.3 Å². The van der Waals surface area contributed by atoms with Crippen LogP contribution in [0.1, 0.15) is 27.2 Å². The van der Waals surface area contributed by atoms with Crippen LogP contribution in [0.25, 0.3) is 0 Å². The van der Waals surface area contributed by atoms with E-state index >= 15 is 0 Å². The summed E-state index contributed by atoms with van der Waals surface area (Å²) in [6.07, 6.45) is 0.106. The molecular weight excluding hydrogens is 406 g/mol. The number of hydrogen-bond acceptors (Lipinski definition) is 6. The molecule has 9 nitrogen and oxygen atoms in total. The topological polar surface area (TPSA) is 102 Å². The molecular formula is C20H33N5O4S. The Bertz CT molecular complexity index is 847. The second kappa shape index (κ2) is 10.7. The lowest BCUT2D eigenvalue weighted by Gasteiger charge is -2.35. The lowest BCUT2D eigenvalue weighted by Crippen LogP contribution is -2.44. The monoisotopic (exact) mass is 439 g/mol. The molecule has 1 aromatic carbocycles. The molecule has 0 unspecified atom stereocenters. The van der Waals surface area contributed by atoms with E-state index in [1.54, 1.807) is 26.0 Å². The fourth-order valence-electron chi connectivity index (χ4n) is 3.38. The second-order valence-electron chi connectivity index (χ2n) is 7.34. The van der Waals surface area contributed by atoms with Gasteiger partial charge in [0.15, 0.2) is 0 Å². The third-order valence-corrected chi connectivity index (χ3v) is 7.20. The van der Waals surface area contributed by atoms with Crippen molar-refractivity contribution in [2.24, 2.45) is 0 Å². The Hall–Kier alpha value is -2.17. The van der Waals surface area contributed by atoms with Crippen molar-refractivity contribution in [3.8, 4) is 0 Å². The van der Waals surface area contributed by atoms with Gasteiger partial charge in [-0.25, -0.2) is 8.42 Å². The molecule has 10 heteroatoms. The van der Waals surface area contributed by atoms with Gasteiger partial charge in [-0.1, -0.05) is 13.8 Å². The first-order chi connectivity index (χ1) is 14.2. The molecule has 2 N–H and O–H groups in total. The summed E-state index contributed by atoms with van der Waals surface area (Å²) in [7, 11) is -1.59. The molecule has 1 aliphatic rings. The van der Waals surface area contributed by atoms with Crippen molar-refractivity contribution in [2.45, 2.75) is 32.1 Å². The van der Waals surface area contributed by atoms with Crippen LogP contribution in [0.3, 0.4) is 0 Å². The van der Waals surface area contributed by atoms with Crippen molar-refractivity contribution >= 4 is 33.2 Å². The van der Waals surface area contributed by atoms with E-state index in [9.17, 15) is 18.0 Å². The summed E-state index contributed by atoms with van der Waals surface area (Å²) in [4.78, 5) is 28.0. The van der Waals surface area contributed by atoms with E-state index in [1.807, 2.05) is 0 Å². The van der Waals surface area contributed by atoms with E-state index in [-0.39, 0.29) is 29.7 Å². The van der Waals surface area contributed by atoms with Gasteiger partial charge in [0.1, 0.15) is 0 Å². The van der Waals surface area contributed by atoms with Gasteiger partial charge in [-0.3, -0.25) is 9.59 Å². The Labute approximate surface area is 179 Å². The van der Waals surface area contributed by atoms with Crippen molar-refractivity contribution in [3.05, 3.63) is 18.2 Å². The average molecular weight is 440 g/mol. The molecule has 0 aliphatic carbocycles. The quantitative estimate of drug-likeness (QED) is 0.594. The summed E-state index contributed by atoms with van der Waals surface area (Å²) in [5, 5.41) is 5.44. The number of rotatable bonds is 9. The number of amides is 2. The number of anilines is 2. The highest BCUT2D eigenvalue weighted by atomic mass is 32.2. The van der Waals surface area contributed by atoms with Gasteiger partial charge in [0.2, 0.25) is 21.8 Å². The van der Waals surface area contributed by atoms with Gasteiger partial charge in [-0.05, 0) is 25.2 Å². The predicted octanol–water partition coefficient (Wildman–Crippen LogP) is 0.934. The number of nitrogens with zero attached hydrogens (tertiary/aromatic N) is 3. The van der Waals surface area contributed by atoms with E-state index in [0.29, 0.717) is 18.8 Å². The van der Waals surface area contributed by atoms with Crippen LogP contribution >= 0.6 is 0 Å². The van der Waals surface area contributed by atoms with Crippen molar-refractivity contribution in [1.29, 1.82) is 0 Å². The average Bonchev–Trinajstić information content (AvgIpc) is 2.69. The number of sulfonamides is 1. The second-order valence-corrected chi connectivity index (χ2v) is 9.28. The molecule has 1 aliphatic heterocycles. The minimum absolute atomic E-state index is 0.106. The molecule has 1 heterocycles. The van der Waals surface area contributed by atoms with Crippen LogP contribution in [-0.2, 0) is 19.6 Å². The third kappa shape index (κ3) is 6.16. The molecule has 1 saturated heterocycles. The smallest absolute Gasteiger partial charge is 0.243 e. The molecule has 0 bridgehead atoms. The highest BCUT2D eigenvalue weighted by molar-refractivity contribution is 7.89. The maximum atomic E-state index is 13.0. The maximum absolute atomic E-state index is 13.0. The summed E-state index contributed by atoms with van der Waals surface area (Å²) in [6.45, 7) is 9.29. The van der Waals surface area contributed by atoms with E-state index in [4.69, 9.17) is 0 Å². The number of benzene rings is 1. The first-order valence-corrected chi connectivity index (χ1v) is 11.7. The van der Waals surface area contributed by atoms with Gasteiger partial charge in [0, 0.05) is 59.2 Å². The largest absolute Gasteiger partial charge is 0.367 e. The summed E-state index contributed by atoms with van der Waals surface area (Å²) in [5.74, 6) is -0.482. The van der Waals surface area contributed by atoms with Crippen molar-refractivity contribution in [1.82, 2.24) is 14.5 Å². The SMILES string of the molecule is CCN(CC)S(=O)(=O)c1ccc(N2CCN(C)CC2)c(NC(=O)CCNC(C)=O)c1. The lowest BCUT2D eigenvalue weighted by atomic mass is 10.2. The Morgan fingerprint density at radius 2 is 1.73 bits per heavy atom. The van der Waals surface area contributed by atoms with E-state index in [2.05, 4.69) is 27.5 Å². The summed E-state index contributed by atoms with van der Waals surface area (Å²) in [5.41, 5.74) is 1.27. The Balaban J connectivity index is 2.32. The minimum atomic E-state index is -3.65. The van der Waals surface area contributed by atoms with Crippen LogP contribution in [0, 0.1) is 0 Å². The van der Waals surface area contributed by atoms with Crippen LogP contribution in [-0.4, -0.2) is 82.3 Å². The molecule has 30 heavy (non-hydrogen) atoms. The summed E-state index contributed by atoms with van der Waals surface area (Å²) in [6, 6.07) is 4.91. The minimum Gasteiger partial charge on any atom is -0.367 e. The number of nitrogens with one attached hydrogen (secondary N) is 2. The van der Waals surface area contributed by atoms with Gasteiger partial charge in [0.05, 0.1) is 16.3 Å². The van der Waals surface area contributed by atoms with Gasteiger partial charge < -0.3 is 20.4 Å². The van der Waals surface area contributed by atoms with Crippen LogP contribution in [0.4, 0.5) is 11.4 Å². The van der Waals surface area contributed by atoms with Gasteiger partial charge in [-0.15, -0.1) is 0 Å². The fraction of sp³-hybridized carbons (Fsp3) is 0.600. The lowest BCUT2D eigenvalue weighted by molar-refractivity contribution is -0.119. The van der Waals surface area contributed by atoms with Crippen LogP contribution in [0.2, 0.25) is 0 Å². The Morgan fingerprint density at radius 3 is 2.30 bits per heavy atom. The zero-order valence-corrected chi connectivity index (χ0v) is 19.1. The molecule has 0 atom stereocenters. The fourth-order valence-corrected chi connectivity index (χ4v) is 4.86. The first-order valence-electron chi connectivity index (χ1n) is 10.3. The number of hydrogen-bond donors (Lipinski definition) is 2. The molecule has 0 aromatic heterocycles. The Morgan fingerprint density at radius 1 is 1.10 bits per heavy atom. The highest BCUT2D eigenvalue weighted by Crippen LogP contribution is 2.31. The molecule has 1 fully saturated rings. The zero-order valence-electron chi connectivity index (χ0n) is 18.3. The van der Waals surface area contributed by atoms with Crippen LogP contribution < -0.4 is 15.5 Å². The van der Waals surface area contributed by atoms with Crippen LogP contribution in [0.5, 0.6) is 0 Å². The third-order valence-electron chi connectivity index (χ3n) is 5.16. The molecule has 0 radical (unpaired) electrons. The molecule has 1 aromatic rings. The molecule has 168 valence electrons. The van der Waals surface area contributed by atoms with Crippen molar-refractivity contribution < 1.29 is 18.0 Å². The van der Waals surface area contributed by atoms with Gasteiger partial charge in [0.25, 0.3) is 0 Å². The van der Waals surface area contributed by atoms with Gasteiger partial charge in [-0.2, -0.15) is 4.31 Å². The van der Waals surface area contributed by atoms with Crippen molar-refractivity contribution in [2.75, 3.05) is 63.1 Å². The summed E-state index contributed by atoms with van der Waals surface area (Å²) < 4.78 is 27.3. The van der Waals surface area contributed by atoms with E-state index < -0.39 is 10.0 Å². The first kappa shape index (κ1) is 24.1. The molecule has 0 spiro atoms. The highest BCUT2D eigenvalue weighted by Gasteiger charge is 2.25. The maximum Gasteiger partial charge on any atom is 0.243 e. The predicted molar refractivity (Wildman–Crippen MR) is 118 cm³/mol. The standard InChI is InChI=1S/C20H33N5O4S/c1-5-25(6-2)30(28,29)17-7-8-19(24-13-11-23(4)12-14-24)18(15-17)22-20(27)9-10-21-16(3)26/h7-8,15H,5-6,9-14H2,1-4H3,(H,21,26)(H,22,27). The van der Waals surface area contributed by atoms with Crippen molar-refractivity contribution in [3.63, 3.8) is 0 Å². The Kier molecular flexibility index (Phi) is 8.63.